The molecule has 5 nitrogen and oxygen atoms in total. The highest BCUT2D eigenvalue weighted by Gasteiger charge is 2.24. The number of benzene rings is 1. The Bertz CT molecular complexity index is 729. The highest BCUT2D eigenvalue weighted by molar-refractivity contribution is 5.75. The van der Waals surface area contributed by atoms with Crippen LogP contribution in [-0.2, 0) is 17.8 Å². The molecule has 2 aromatic rings. The fourth-order valence-electron chi connectivity index (χ4n) is 3.14. The lowest BCUT2D eigenvalue weighted by atomic mass is 10.1. The van der Waals surface area contributed by atoms with Crippen molar-refractivity contribution in [1.29, 1.82) is 0 Å². The van der Waals surface area contributed by atoms with Crippen LogP contribution in [0, 0.1) is 5.82 Å². The SMILES string of the molecule is CC(=O)CCCCCN1CCc2onc(Nc3cccc(F)c3)c2C1. The number of nitrogens with one attached hydrogen (secondary N) is 1. The number of ketones is 1. The molecule has 0 bridgehead atoms. The van der Waals surface area contributed by atoms with Gasteiger partial charge in [0.05, 0.1) is 5.56 Å². The number of carbonyl (C=O) groups is 1. The summed E-state index contributed by atoms with van der Waals surface area (Å²) in [6, 6.07) is 6.32. The van der Waals surface area contributed by atoms with Crippen molar-refractivity contribution in [2.75, 3.05) is 18.4 Å². The molecule has 1 aromatic carbocycles. The van der Waals surface area contributed by atoms with E-state index in [1.165, 1.54) is 12.1 Å². The molecule has 0 amide bonds. The summed E-state index contributed by atoms with van der Waals surface area (Å²) in [5.74, 6) is 1.56. The molecule has 0 atom stereocenters. The van der Waals surface area contributed by atoms with Gasteiger partial charge < -0.3 is 14.6 Å². The number of Topliss-reactive ketones (excluding diaryl/α,β-unsaturated/α-hetero) is 1. The first-order chi connectivity index (χ1) is 12.1. The first-order valence-corrected chi connectivity index (χ1v) is 8.83. The molecule has 1 aromatic heterocycles. The molecule has 0 spiro atoms. The summed E-state index contributed by atoms with van der Waals surface area (Å²) in [7, 11) is 0. The first kappa shape index (κ1) is 17.6. The van der Waals surface area contributed by atoms with Gasteiger partial charge in [-0.3, -0.25) is 4.90 Å². The van der Waals surface area contributed by atoms with Gasteiger partial charge in [-0.05, 0) is 44.5 Å². The molecule has 6 heteroatoms. The minimum Gasteiger partial charge on any atom is -0.359 e. The van der Waals surface area contributed by atoms with E-state index in [0.717, 1.165) is 56.6 Å². The van der Waals surface area contributed by atoms with Gasteiger partial charge in [0.25, 0.3) is 0 Å². The summed E-state index contributed by atoms with van der Waals surface area (Å²) in [5.41, 5.74) is 1.72. The number of halogens is 1. The second kappa shape index (κ2) is 8.25. The van der Waals surface area contributed by atoms with E-state index >= 15 is 0 Å². The molecule has 3 rings (SSSR count). The van der Waals surface area contributed by atoms with Crippen molar-refractivity contribution >= 4 is 17.3 Å². The second-order valence-corrected chi connectivity index (χ2v) is 6.61. The molecule has 0 saturated heterocycles. The van der Waals surface area contributed by atoms with Crippen LogP contribution in [0.3, 0.4) is 0 Å². The Balaban J connectivity index is 1.55. The number of hydrogen-bond donors (Lipinski definition) is 1. The van der Waals surface area contributed by atoms with Gasteiger partial charge in [-0.15, -0.1) is 0 Å². The summed E-state index contributed by atoms with van der Waals surface area (Å²) in [6.07, 6.45) is 4.63. The molecule has 1 aliphatic rings. The van der Waals surface area contributed by atoms with Crippen LogP contribution in [0.5, 0.6) is 0 Å². The fraction of sp³-hybridized carbons (Fsp3) is 0.474. The highest BCUT2D eigenvalue weighted by Crippen LogP contribution is 2.28. The molecule has 25 heavy (non-hydrogen) atoms. The number of anilines is 2. The number of nitrogens with zero attached hydrogens (tertiary/aromatic N) is 2. The van der Waals surface area contributed by atoms with E-state index < -0.39 is 0 Å². The monoisotopic (exact) mass is 345 g/mol. The lowest BCUT2D eigenvalue weighted by Crippen LogP contribution is -2.31. The molecular formula is C19H24FN3O2. The normalized spacial score (nSPS) is 14.3. The lowest BCUT2D eigenvalue weighted by Gasteiger charge is -2.26. The lowest BCUT2D eigenvalue weighted by molar-refractivity contribution is -0.117. The van der Waals surface area contributed by atoms with Gasteiger partial charge in [0.15, 0.2) is 5.82 Å². The Morgan fingerprint density at radius 2 is 2.24 bits per heavy atom. The zero-order valence-electron chi connectivity index (χ0n) is 14.6. The summed E-state index contributed by atoms with van der Waals surface area (Å²) in [4.78, 5) is 13.3. The molecule has 0 unspecified atom stereocenters. The molecule has 0 aliphatic carbocycles. The third-order valence-electron chi connectivity index (χ3n) is 4.50. The average molecular weight is 345 g/mol. The van der Waals surface area contributed by atoms with Crippen molar-refractivity contribution in [3.8, 4) is 0 Å². The van der Waals surface area contributed by atoms with E-state index in [1.807, 2.05) is 0 Å². The van der Waals surface area contributed by atoms with E-state index in [0.29, 0.717) is 17.9 Å². The Morgan fingerprint density at radius 3 is 3.04 bits per heavy atom. The average Bonchev–Trinajstić information content (AvgIpc) is 2.97. The van der Waals surface area contributed by atoms with Gasteiger partial charge in [-0.2, -0.15) is 0 Å². The maximum atomic E-state index is 13.3. The minimum absolute atomic E-state index is 0.264. The van der Waals surface area contributed by atoms with Crippen LogP contribution in [0.4, 0.5) is 15.9 Å². The van der Waals surface area contributed by atoms with Crippen LogP contribution < -0.4 is 5.32 Å². The summed E-state index contributed by atoms with van der Waals surface area (Å²) < 4.78 is 18.8. The maximum Gasteiger partial charge on any atom is 0.178 e. The van der Waals surface area contributed by atoms with Gasteiger partial charge in [-0.25, -0.2) is 4.39 Å². The third-order valence-corrected chi connectivity index (χ3v) is 4.50. The minimum atomic E-state index is -0.283. The molecule has 134 valence electrons. The number of hydrogen-bond acceptors (Lipinski definition) is 5. The standard InChI is InChI=1S/C19H24FN3O2/c1-14(24)6-3-2-4-10-23-11-9-18-17(13-23)19(22-25-18)21-16-8-5-7-15(20)12-16/h5,7-8,12H,2-4,6,9-11,13H2,1H3,(H,21,22). The van der Waals surface area contributed by atoms with Crippen LogP contribution in [0.2, 0.25) is 0 Å². The van der Waals surface area contributed by atoms with E-state index in [2.05, 4.69) is 15.4 Å². The number of fused-ring (bicyclic) bond motifs is 1. The summed E-state index contributed by atoms with van der Waals surface area (Å²) in [5, 5.41) is 7.27. The van der Waals surface area contributed by atoms with Gasteiger partial charge in [0, 0.05) is 31.6 Å². The van der Waals surface area contributed by atoms with Gasteiger partial charge >= 0.3 is 0 Å². The molecule has 1 aliphatic heterocycles. The van der Waals surface area contributed by atoms with Crippen LogP contribution in [-0.4, -0.2) is 28.9 Å². The maximum absolute atomic E-state index is 13.3. The van der Waals surface area contributed by atoms with Crippen LogP contribution in [0.15, 0.2) is 28.8 Å². The molecule has 0 radical (unpaired) electrons. The zero-order valence-corrected chi connectivity index (χ0v) is 14.6. The Morgan fingerprint density at radius 1 is 1.36 bits per heavy atom. The van der Waals surface area contributed by atoms with Crippen molar-refractivity contribution in [2.45, 2.75) is 45.6 Å². The number of aromatic nitrogens is 1. The first-order valence-electron chi connectivity index (χ1n) is 8.83. The van der Waals surface area contributed by atoms with E-state index in [9.17, 15) is 9.18 Å². The van der Waals surface area contributed by atoms with Crippen LogP contribution in [0.25, 0.3) is 0 Å². The van der Waals surface area contributed by atoms with Gasteiger partial charge in [-0.1, -0.05) is 17.6 Å². The molecule has 2 heterocycles. The largest absolute Gasteiger partial charge is 0.359 e. The van der Waals surface area contributed by atoms with Crippen molar-refractivity contribution < 1.29 is 13.7 Å². The third kappa shape index (κ3) is 4.89. The number of rotatable bonds is 8. The van der Waals surface area contributed by atoms with E-state index in [4.69, 9.17) is 4.52 Å². The predicted molar refractivity (Wildman–Crippen MR) is 94.3 cm³/mol. The Labute approximate surface area is 147 Å². The molecule has 0 fully saturated rings. The Hall–Kier alpha value is -2.21. The van der Waals surface area contributed by atoms with Crippen molar-refractivity contribution in [3.63, 3.8) is 0 Å². The quantitative estimate of drug-likeness (QED) is 0.731. The highest BCUT2D eigenvalue weighted by atomic mass is 19.1. The Kier molecular flexibility index (Phi) is 5.81. The van der Waals surface area contributed by atoms with Crippen LogP contribution in [0.1, 0.15) is 43.9 Å². The van der Waals surface area contributed by atoms with E-state index in [1.54, 1.807) is 19.1 Å². The molecule has 0 saturated carbocycles. The van der Waals surface area contributed by atoms with Crippen molar-refractivity contribution in [2.24, 2.45) is 0 Å². The van der Waals surface area contributed by atoms with Crippen molar-refractivity contribution in [3.05, 3.63) is 41.4 Å². The molecular weight excluding hydrogens is 321 g/mol. The second-order valence-electron chi connectivity index (χ2n) is 6.61. The van der Waals surface area contributed by atoms with E-state index in [-0.39, 0.29) is 11.6 Å². The van der Waals surface area contributed by atoms with Crippen molar-refractivity contribution in [1.82, 2.24) is 10.1 Å². The fourth-order valence-corrected chi connectivity index (χ4v) is 3.14. The summed E-state index contributed by atoms with van der Waals surface area (Å²) in [6.45, 7) is 4.38. The van der Waals surface area contributed by atoms with Gasteiger partial charge in [0.1, 0.15) is 17.4 Å². The molecule has 1 N–H and O–H groups in total. The summed E-state index contributed by atoms with van der Waals surface area (Å²) >= 11 is 0. The smallest absolute Gasteiger partial charge is 0.178 e. The number of carbonyl (C=O) groups excluding carboxylic acids is 1. The van der Waals surface area contributed by atoms with Gasteiger partial charge in [0.2, 0.25) is 0 Å². The number of unbranched alkanes of at least 4 members (excludes halogenated alkanes) is 2. The topological polar surface area (TPSA) is 58.4 Å². The van der Waals surface area contributed by atoms with Crippen LogP contribution >= 0.6 is 0 Å². The predicted octanol–water partition coefficient (Wildman–Crippen LogP) is 4.06. The zero-order chi connectivity index (χ0) is 17.6.